The molecule has 0 aliphatic carbocycles. The van der Waals surface area contributed by atoms with Crippen molar-refractivity contribution in [3.63, 3.8) is 0 Å². The molecule has 4 aromatic carbocycles. The van der Waals surface area contributed by atoms with Crippen molar-refractivity contribution in [2.75, 3.05) is 0 Å². The molecular weight excluding hydrogens is 581 g/mol. The van der Waals surface area contributed by atoms with Crippen molar-refractivity contribution in [2.45, 2.75) is 58.8 Å². The van der Waals surface area contributed by atoms with E-state index < -0.39 is 0 Å². The van der Waals surface area contributed by atoms with E-state index in [0.29, 0.717) is 0 Å². The lowest BCUT2D eigenvalue weighted by atomic mass is 10.0. The SMILES string of the molecule is CCCCCCCCc1ccc(-c2ccc3c(c2)sc2c3ccc3c2ccc2c4ccc(-c5ccc(C)s5)cc4oc23)s1. The van der Waals surface area contributed by atoms with Crippen LogP contribution in [0, 0.1) is 6.92 Å². The summed E-state index contributed by atoms with van der Waals surface area (Å²) in [6.07, 6.45) is 9.32. The summed E-state index contributed by atoms with van der Waals surface area (Å²) in [5.41, 5.74) is 4.50. The molecule has 8 aromatic rings. The molecule has 0 spiro atoms. The Hall–Kier alpha value is -3.44. The topological polar surface area (TPSA) is 13.1 Å². The third kappa shape index (κ3) is 4.90. The molecule has 0 atom stereocenters. The fourth-order valence-electron chi connectivity index (χ4n) is 6.52. The van der Waals surface area contributed by atoms with Crippen LogP contribution in [0.2, 0.25) is 0 Å². The van der Waals surface area contributed by atoms with Crippen LogP contribution in [0.3, 0.4) is 0 Å². The minimum absolute atomic E-state index is 0.957. The molecule has 0 amide bonds. The Kier molecular flexibility index (Phi) is 7.09. The molecule has 4 aromatic heterocycles. The average molecular weight is 615 g/mol. The molecule has 4 heteroatoms. The van der Waals surface area contributed by atoms with Gasteiger partial charge >= 0.3 is 0 Å². The Morgan fingerprint density at radius 1 is 0.558 bits per heavy atom. The number of thiophene rings is 3. The van der Waals surface area contributed by atoms with Gasteiger partial charge in [-0.25, -0.2) is 0 Å². The van der Waals surface area contributed by atoms with E-state index in [1.807, 2.05) is 34.0 Å². The quantitative estimate of drug-likeness (QED) is 0.147. The van der Waals surface area contributed by atoms with Gasteiger partial charge in [0.25, 0.3) is 0 Å². The van der Waals surface area contributed by atoms with Gasteiger partial charge in [-0.05, 0) is 85.5 Å². The highest BCUT2D eigenvalue weighted by Gasteiger charge is 2.16. The smallest absolute Gasteiger partial charge is 0.143 e. The molecule has 4 heterocycles. The van der Waals surface area contributed by atoms with Crippen molar-refractivity contribution in [1.82, 2.24) is 0 Å². The van der Waals surface area contributed by atoms with Crippen molar-refractivity contribution >= 4 is 86.9 Å². The summed E-state index contributed by atoms with van der Waals surface area (Å²) < 4.78 is 9.30. The van der Waals surface area contributed by atoms with Gasteiger partial charge in [0.1, 0.15) is 11.2 Å². The van der Waals surface area contributed by atoms with Crippen molar-refractivity contribution in [2.24, 2.45) is 0 Å². The largest absolute Gasteiger partial charge is 0.455 e. The van der Waals surface area contributed by atoms with Crippen LogP contribution in [0.4, 0.5) is 0 Å². The number of fused-ring (bicyclic) bond motifs is 9. The maximum atomic E-state index is 6.60. The lowest BCUT2D eigenvalue weighted by Gasteiger charge is -2.01. The lowest BCUT2D eigenvalue weighted by Crippen LogP contribution is -1.82. The zero-order valence-corrected chi connectivity index (χ0v) is 27.1. The van der Waals surface area contributed by atoms with E-state index in [9.17, 15) is 0 Å². The monoisotopic (exact) mass is 614 g/mol. The fraction of sp³-hybridized carbons (Fsp3) is 0.231. The second-order valence-corrected chi connectivity index (χ2v) is 15.3. The van der Waals surface area contributed by atoms with Crippen molar-refractivity contribution in [3.05, 3.63) is 94.7 Å². The first-order chi connectivity index (χ1) is 21.2. The molecule has 214 valence electrons. The van der Waals surface area contributed by atoms with E-state index in [4.69, 9.17) is 4.42 Å². The summed E-state index contributed by atoms with van der Waals surface area (Å²) in [5.74, 6) is 0. The first kappa shape index (κ1) is 27.1. The minimum atomic E-state index is 0.957. The van der Waals surface area contributed by atoms with Gasteiger partial charge in [-0.3, -0.25) is 0 Å². The summed E-state index contributed by atoms with van der Waals surface area (Å²) in [5, 5.41) is 7.52. The van der Waals surface area contributed by atoms with E-state index in [-0.39, 0.29) is 0 Å². The number of hydrogen-bond donors (Lipinski definition) is 0. The van der Waals surface area contributed by atoms with Crippen LogP contribution in [0.25, 0.3) is 73.8 Å². The van der Waals surface area contributed by atoms with Gasteiger partial charge in [-0.1, -0.05) is 69.4 Å². The van der Waals surface area contributed by atoms with Crippen LogP contribution in [0.1, 0.15) is 55.2 Å². The van der Waals surface area contributed by atoms with Crippen molar-refractivity contribution in [1.29, 1.82) is 0 Å². The fourth-order valence-corrected chi connectivity index (χ4v) is 9.70. The Morgan fingerprint density at radius 2 is 1.21 bits per heavy atom. The second kappa shape index (κ2) is 11.2. The average Bonchev–Trinajstić information content (AvgIpc) is 3.82. The van der Waals surface area contributed by atoms with E-state index >= 15 is 0 Å². The molecular formula is C39H34OS3. The molecule has 8 rings (SSSR count). The maximum Gasteiger partial charge on any atom is 0.143 e. The third-order valence-electron chi connectivity index (χ3n) is 8.82. The van der Waals surface area contributed by atoms with Crippen LogP contribution in [-0.2, 0) is 6.42 Å². The predicted octanol–water partition coefficient (Wildman–Crippen LogP) is 13.8. The van der Waals surface area contributed by atoms with E-state index in [2.05, 4.69) is 98.8 Å². The summed E-state index contributed by atoms with van der Waals surface area (Å²) in [6, 6.07) is 31.9. The highest BCUT2D eigenvalue weighted by Crippen LogP contribution is 2.44. The van der Waals surface area contributed by atoms with E-state index in [1.165, 1.54) is 117 Å². The Bertz CT molecular complexity index is 2250. The maximum absolute atomic E-state index is 6.60. The molecule has 0 saturated heterocycles. The number of furan rings is 1. The van der Waals surface area contributed by atoms with Crippen molar-refractivity contribution < 1.29 is 4.42 Å². The number of benzene rings is 4. The number of hydrogen-bond acceptors (Lipinski definition) is 4. The molecule has 0 N–H and O–H groups in total. The van der Waals surface area contributed by atoms with Crippen molar-refractivity contribution in [3.8, 4) is 20.9 Å². The molecule has 0 unspecified atom stereocenters. The highest BCUT2D eigenvalue weighted by molar-refractivity contribution is 7.26. The summed E-state index contributed by atoms with van der Waals surface area (Å²) >= 11 is 5.71. The number of rotatable bonds is 9. The van der Waals surface area contributed by atoms with E-state index in [1.54, 1.807) is 0 Å². The Balaban J connectivity index is 1.13. The van der Waals surface area contributed by atoms with Crippen LogP contribution in [0.5, 0.6) is 0 Å². The summed E-state index contributed by atoms with van der Waals surface area (Å²) in [7, 11) is 0. The summed E-state index contributed by atoms with van der Waals surface area (Å²) in [6.45, 7) is 4.44. The molecule has 0 radical (unpaired) electrons. The molecule has 43 heavy (non-hydrogen) atoms. The lowest BCUT2D eigenvalue weighted by molar-refractivity contribution is 0.609. The van der Waals surface area contributed by atoms with Crippen LogP contribution >= 0.6 is 34.0 Å². The molecule has 0 bridgehead atoms. The Morgan fingerprint density at radius 3 is 2.02 bits per heavy atom. The molecule has 0 fully saturated rings. The summed E-state index contributed by atoms with van der Waals surface area (Å²) in [4.78, 5) is 5.51. The zero-order valence-electron chi connectivity index (χ0n) is 24.7. The first-order valence-corrected chi connectivity index (χ1v) is 18.0. The third-order valence-corrected chi connectivity index (χ3v) is 12.3. The van der Waals surface area contributed by atoms with Gasteiger partial charge in [0.2, 0.25) is 0 Å². The molecule has 0 aliphatic heterocycles. The van der Waals surface area contributed by atoms with Gasteiger partial charge in [0.05, 0.1) is 0 Å². The second-order valence-electron chi connectivity index (χ2n) is 11.8. The molecule has 0 aliphatic rings. The number of aryl methyl sites for hydroxylation is 2. The van der Waals surface area contributed by atoms with Gasteiger partial charge in [-0.15, -0.1) is 34.0 Å². The normalized spacial score (nSPS) is 12.1. The van der Waals surface area contributed by atoms with Crippen LogP contribution < -0.4 is 0 Å². The van der Waals surface area contributed by atoms with Gasteiger partial charge in [0.15, 0.2) is 0 Å². The zero-order chi connectivity index (χ0) is 28.9. The highest BCUT2D eigenvalue weighted by atomic mass is 32.1. The Labute approximate surface area is 264 Å². The standard InChI is InChI=1S/C39H34OS3/c1-3-4-5-6-7-8-9-27-13-21-36(42-27)26-12-15-29-32-18-17-31-33(39(32)43-37(29)23-26)19-16-30-28-14-11-25(22-34(28)40-38(30)31)35-20-10-24(2)41-35/h10-23H,3-9H2,1-2H3. The van der Waals surface area contributed by atoms with Crippen LogP contribution in [-0.4, -0.2) is 0 Å². The number of unbranched alkanes of at least 4 members (excludes halogenated alkanes) is 5. The van der Waals surface area contributed by atoms with Gasteiger partial charge < -0.3 is 4.42 Å². The molecule has 1 nitrogen and oxygen atoms in total. The molecule has 0 saturated carbocycles. The first-order valence-electron chi connectivity index (χ1n) is 15.6. The van der Waals surface area contributed by atoms with Crippen LogP contribution in [0.15, 0.2) is 89.3 Å². The van der Waals surface area contributed by atoms with Gasteiger partial charge in [0, 0.05) is 61.2 Å². The predicted molar refractivity (Wildman–Crippen MR) is 193 cm³/mol. The van der Waals surface area contributed by atoms with Gasteiger partial charge in [-0.2, -0.15) is 0 Å². The van der Waals surface area contributed by atoms with E-state index in [0.717, 1.165) is 11.2 Å². The minimum Gasteiger partial charge on any atom is -0.455 e.